The molecule has 0 spiro atoms. The van der Waals surface area contributed by atoms with Crippen LogP contribution in [0.4, 0.5) is 0 Å². The summed E-state index contributed by atoms with van der Waals surface area (Å²) in [5, 5.41) is 2.26. The Labute approximate surface area is 165 Å². The molecule has 0 aliphatic rings. The van der Waals surface area contributed by atoms with Crippen molar-refractivity contribution in [3.05, 3.63) is 96.1 Å². The third kappa shape index (κ3) is 3.64. The van der Waals surface area contributed by atoms with Crippen LogP contribution in [0.2, 0.25) is 0 Å². The van der Waals surface area contributed by atoms with Crippen LogP contribution in [0.15, 0.2) is 94.7 Å². The van der Waals surface area contributed by atoms with E-state index in [1.54, 1.807) is 48.5 Å². The number of hydrogen-bond acceptors (Lipinski definition) is 3. The molecular weight excluding hydrogens is 368 g/mol. The summed E-state index contributed by atoms with van der Waals surface area (Å²) in [6.45, 7) is 3.98. The first kappa shape index (κ1) is 18.3. The van der Waals surface area contributed by atoms with E-state index in [1.807, 2.05) is 25.1 Å². The summed E-state index contributed by atoms with van der Waals surface area (Å²) < 4.78 is 31.4. The molecule has 0 N–H and O–H groups in total. The largest absolute Gasteiger partial charge is 0.457 e. The fraction of sp³-hybridized carbons (Fsp3) is 0.0833. The summed E-state index contributed by atoms with van der Waals surface area (Å²) in [5.74, 6) is 1.31. The molecule has 0 aromatic heterocycles. The van der Waals surface area contributed by atoms with Crippen LogP contribution in [0.1, 0.15) is 11.1 Å². The quantitative estimate of drug-likeness (QED) is 0.425. The molecule has 0 saturated carbocycles. The Morgan fingerprint density at radius 2 is 1.11 bits per heavy atom. The molecular formula is C24H20O3S. The molecule has 0 unspecified atom stereocenters. The van der Waals surface area contributed by atoms with Gasteiger partial charge in [0.2, 0.25) is 9.84 Å². The molecule has 0 heterocycles. The lowest BCUT2D eigenvalue weighted by atomic mass is 10.1. The van der Waals surface area contributed by atoms with E-state index in [0.717, 1.165) is 16.3 Å². The third-order valence-electron chi connectivity index (χ3n) is 4.67. The molecule has 0 aliphatic heterocycles. The van der Waals surface area contributed by atoms with Gasteiger partial charge in [-0.15, -0.1) is 0 Å². The van der Waals surface area contributed by atoms with Crippen molar-refractivity contribution in [2.24, 2.45) is 0 Å². The molecule has 0 aliphatic carbocycles. The summed E-state index contributed by atoms with van der Waals surface area (Å²) in [6, 6.07) is 25.6. The van der Waals surface area contributed by atoms with Crippen LogP contribution in [0.3, 0.4) is 0 Å². The molecule has 0 atom stereocenters. The van der Waals surface area contributed by atoms with Crippen LogP contribution < -0.4 is 4.74 Å². The maximum absolute atomic E-state index is 12.8. The topological polar surface area (TPSA) is 43.4 Å². The van der Waals surface area contributed by atoms with Gasteiger partial charge in [-0.25, -0.2) is 8.42 Å². The highest BCUT2D eigenvalue weighted by Gasteiger charge is 2.17. The van der Waals surface area contributed by atoms with Gasteiger partial charge in [0, 0.05) is 0 Å². The fourth-order valence-corrected chi connectivity index (χ4v) is 4.35. The standard InChI is InChI=1S/C24H20O3S/c1-17-4-11-23(12-5-17)28(25,26)24-13-9-21(10-14-24)27-22-8-7-19-6-3-18(2)15-20(19)16-22/h3-16H,1-2H3. The molecule has 4 aromatic rings. The SMILES string of the molecule is Cc1ccc(S(=O)(=O)c2ccc(Oc3ccc4ccc(C)cc4c3)cc2)cc1. The van der Waals surface area contributed by atoms with E-state index < -0.39 is 9.84 Å². The zero-order chi connectivity index (χ0) is 19.7. The molecule has 4 heteroatoms. The van der Waals surface area contributed by atoms with Crippen molar-refractivity contribution in [3.8, 4) is 11.5 Å². The second kappa shape index (κ2) is 7.13. The number of fused-ring (bicyclic) bond motifs is 1. The van der Waals surface area contributed by atoms with Crippen molar-refractivity contribution in [1.82, 2.24) is 0 Å². The minimum atomic E-state index is -3.53. The van der Waals surface area contributed by atoms with E-state index >= 15 is 0 Å². The summed E-state index contributed by atoms with van der Waals surface area (Å²) in [5.41, 5.74) is 2.21. The smallest absolute Gasteiger partial charge is 0.206 e. The maximum Gasteiger partial charge on any atom is 0.206 e. The van der Waals surface area contributed by atoms with E-state index in [4.69, 9.17) is 4.74 Å². The number of benzene rings is 4. The molecule has 0 fully saturated rings. The Bertz CT molecular complexity index is 1240. The lowest BCUT2D eigenvalue weighted by Gasteiger charge is -2.09. The van der Waals surface area contributed by atoms with Crippen molar-refractivity contribution in [2.75, 3.05) is 0 Å². The van der Waals surface area contributed by atoms with E-state index in [2.05, 4.69) is 25.1 Å². The summed E-state index contributed by atoms with van der Waals surface area (Å²) in [6.07, 6.45) is 0. The zero-order valence-electron chi connectivity index (χ0n) is 15.7. The molecule has 0 radical (unpaired) electrons. The summed E-state index contributed by atoms with van der Waals surface area (Å²) in [4.78, 5) is 0.537. The van der Waals surface area contributed by atoms with Gasteiger partial charge in [-0.2, -0.15) is 0 Å². The fourth-order valence-electron chi connectivity index (χ4n) is 3.08. The average Bonchev–Trinajstić information content (AvgIpc) is 2.68. The van der Waals surface area contributed by atoms with Gasteiger partial charge in [0.15, 0.2) is 0 Å². The third-order valence-corrected chi connectivity index (χ3v) is 6.45. The predicted octanol–water partition coefficient (Wildman–Crippen LogP) is 6.08. The van der Waals surface area contributed by atoms with Crippen LogP contribution in [-0.2, 0) is 9.84 Å². The van der Waals surface area contributed by atoms with E-state index in [9.17, 15) is 8.42 Å². The lowest BCUT2D eigenvalue weighted by Crippen LogP contribution is -2.01. The van der Waals surface area contributed by atoms with Gasteiger partial charge in [0.05, 0.1) is 9.79 Å². The van der Waals surface area contributed by atoms with Crippen molar-refractivity contribution in [2.45, 2.75) is 23.6 Å². The first-order valence-corrected chi connectivity index (χ1v) is 10.5. The van der Waals surface area contributed by atoms with Crippen LogP contribution in [0, 0.1) is 13.8 Å². The minimum absolute atomic E-state index is 0.248. The van der Waals surface area contributed by atoms with Crippen LogP contribution >= 0.6 is 0 Å². The van der Waals surface area contributed by atoms with Crippen molar-refractivity contribution in [1.29, 1.82) is 0 Å². The van der Waals surface area contributed by atoms with Gasteiger partial charge in [-0.3, -0.25) is 0 Å². The molecule has 0 amide bonds. The summed E-state index contributed by atoms with van der Waals surface area (Å²) in [7, 11) is -3.53. The van der Waals surface area contributed by atoms with Crippen molar-refractivity contribution >= 4 is 20.6 Å². The predicted molar refractivity (Wildman–Crippen MR) is 112 cm³/mol. The molecule has 4 aromatic carbocycles. The van der Waals surface area contributed by atoms with Gasteiger partial charge in [0.1, 0.15) is 11.5 Å². The van der Waals surface area contributed by atoms with Crippen LogP contribution in [0.25, 0.3) is 10.8 Å². The molecule has 3 nitrogen and oxygen atoms in total. The van der Waals surface area contributed by atoms with Gasteiger partial charge >= 0.3 is 0 Å². The van der Waals surface area contributed by atoms with Crippen molar-refractivity contribution < 1.29 is 13.2 Å². The Hall–Kier alpha value is -3.11. The average molecular weight is 388 g/mol. The summed E-state index contributed by atoms with van der Waals surface area (Å²) >= 11 is 0. The Morgan fingerprint density at radius 1 is 0.571 bits per heavy atom. The normalized spacial score (nSPS) is 11.5. The van der Waals surface area contributed by atoms with Crippen LogP contribution in [0.5, 0.6) is 11.5 Å². The van der Waals surface area contributed by atoms with E-state index in [1.165, 1.54) is 5.56 Å². The maximum atomic E-state index is 12.8. The molecule has 0 bridgehead atoms. The molecule has 140 valence electrons. The van der Waals surface area contributed by atoms with Gasteiger partial charge in [-0.1, -0.05) is 47.5 Å². The zero-order valence-corrected chi connectivity index (χ0v) is 16.5. The molecule has 0 saturated heterocycles. The number of hydrogen-bond donors (Lipinski definition) is 0. The number of sulfone groups is 1. The highest BCUT2D eigenvalue weighted by Crippen LogP contribution is 2.28. The Kier molecular flexibility index (Phi) is 4.65. The number of ether oxygens (including phenoxy) is 1. The van der Waals surface area contributed by atoms with Crippen molar-refractivity contribution in [3.63, 3.8) is 0 Å². The minimum Gasteiger partial charge on any atom is -0.457 e. The molecule has 28 heavy (non-hydrogen) atoms. The highest BCUT2D eigenvalue weighted by atomic mass is 32.2. The highest BCUT2D eigenvalue weighted by molar-refractivity contribution is 7.91. The van der Waals surface area contributed by atoms with Crippen LogP contribution in [-0.4, -0.2) is 8.42 Å². The van der Waals surface area contributed by atoms with Gasteiger partial charge in [0.25, 0.3) is 0 Å². The second-order valence-electron chi connectivity index (χ2n) is 6.90. The lowest BCUT2D eigenvalue weighted by molar-refractivity contribution is 0.483. The monoisotopic (exact) mass is 388 g/mol. The van der Waals surface area contributed by atoms with E-state index in [-0.39, 0.29) is 9.79 Å². The van der Waals surface area contributed by atoms with Gasteiger partial charge < -0.3 is 4.74 Å². The first-order chi connectivity index (χ1) is 13.4. The number of aryl methyl sites for hydroxylation is 2. The number of rotatable bonds is 4. The molecule has 4 rings (SSSR count). The second-order valence-corrected chi connectivity index (χ2v) is 8.85. The van der Waals surface area contributed by atoms with Gasteiger partial charge in [-0.05, 0) is 73.2 Å². The van der Waals surface area contributed by atoms with E-state index in [0.29, 0.717) is 11.5 Å². The Morgan fingerprint density at radius 3 is 1.79 bits per heavy atom. The Balaban J connectivity index is 1.59. The first-order valence-electron chi connectivity index (χ1n) is 9.02.